The van der Waals surface area contributed by atoms with Crippen LogP contribution in [0.25, 0.3) is 10.8 Å². The number of hydrogen-bond acceptors (Lipinski definition) is 3. The van der Waals surface area contributed by atoms with Crippen molar-refractivity contribution in [2.24, 2.45) is 0 Å². The van der Waals surface area contributed by atoms with Gasteiger partial charge in [0.25, 0.3) is 0 Å². The summed E-state index contributed by atoms with van der Waals surface area (Å²) in [6, 6.07) is 0. The first-order valence-corrected chi connectivity index (χ1v) is 4.72. The fraction of sp³-hybridized carbons (Fsp3) is 0.250. The predicted octanol–water partition coefficient (Wildman–Crippen LogP) is 2.10. The van der Waals surface area contributed by atoms with E-state index < -0.39 is 0 Å². The van der Waals surface area contributed by atoms with Crippen molar-refractivity contribution in [2.45, 2.75) is 13.3 Å². The first kappa shape index (κ1) is 7.49. The van der Waals surface area contributed by atoms with Crippen molar-refractivity contribution in [2.75, 3.05) is 0 Å². The minimum absolute atomic E-state index is 0.861. The molecule has 0 amide bonds. The monoisotopic (exact) mass is 179 g/mol. The zero-order valence-corrected chi connectivity index (χ0v) is 7.56. The Balaban J connectivity index is 2.35. The van der Waals surface area contributed by atoms with Gasteiger partial charge in [-0.1, -0.05) is 6.92 Å². The van der Waals surface area contributed by atoms with Crippen LogP contribution in [0.2, 0.25) is 0 Å². The average molecular weight is 179 g/mol. The van der Waals surface area contributed by atoms with Crippen LogP contribution in [-0.2, 0) is 6.42 Å². The van der Waals surface area contributed by atoms with Crippen LogP contribution in [0, 0.1) is 0 Å². The van der Waals surface area contributed by atoms with Gasteiger partial charge in [-0.05, 0) is 6.42 Å². The molecule has 12 heavy (non-hydrogen) atoms. The van der Waals surface area contributed by atoms with E-state index in [-0.39, 0.29) is 0 Å². The highest BCUT2D eigenvalue weighted by Crippen LogP contribution is 2.19. The topological polar surface area (TPSA) is 41.6 Å². The predicted molar refractivity (Wildman–Crippen MR) is 49.1 cm³/mol. The van der Waals surface area contributed by atoms with Gasteiger partial charge in [0.2, 0.25) is 0 Å². The van der Waals surface area contributed by atoms with E-state index in [2.05, 4.69) is 27.3 Å². The number of nitrogens with one attached hydrogen (secondary N) is 1. The Hall–Kier alpha value is -1.16. The Kier molecular flexibility index (Phi) is 1.91. The largest absolute Gasteiger partial charge is 0.343 e. The van der Waals surface area contributed by atoms with Crippen molar-refractivity contribution in [1.29, 1.82) is 0 Å². The summed E-state index contributed by atoms with van der Waals surface area (Å²) in [5.41, 5.74) is 1.13. The Morgan fingerprint density at radius 3 is 3.08 bits per heavy atom. The maximum atomic E-state index is 4.40. The molecule has 0 spiro atoms. The van der Waals surface area contributed by atoms with Crippen LogP contribution in [0.3, 0.4) is 0 Å². The Labute approximate surface area is 74.5 Å². The van der Waals surface area contributed by atoms with E-state index in [4.69, 9.17) is 0 Å². The maximum absolute atomic E-state index is 4.40. The molecule has 0 atom stereocenters. The van der Waals surface area contributed by atoms with Crippen LogP contribution in [-0.4, -0.2) is 15.0 Å². The van der Waals surface area contributed by atoms with E-state index in [0.29, 0.717) is 0 Å². The molecule has 2 heterocycles. The molecule has 0 aliphatic heterocycles. The molecule has 0 fully saturated rings. The molecule has 0 aromatic carbocycles. The van der Waals surface area contributed by atoms with Gasteiger partial charge in [0.1, 0.15) is 0 Å². The second kappa shape index (κ2) is 3.06. The van der Waals surface area contributed by atoms with Gasteiger partial charge in [-0.3, -0.25) is 0 Å². The maximum Gasteiger partial charge on any atom is 0.166 e. The molecule has 2 aromatic rings. The van der Waals surface area contributed by atoms with Crippen LogP contribution >= 0.6 is 11.3 Å². The van der Waals surface area contributed by atoms with E-state index in [1.807, 2.05) is 6.20 Å². The number of aromatic amines is 1. The SMILES string of the molecule is CCc1csc(-c2ncc[nH]2)n1. The second-order valence-corrected chi connectivity index (χ2v) is 3.29. The average Bonchev–Trinajstić information content (AvgIpc) is 2.75. The third-order valence-electron chi connectivity index (χ3n) is 1.61. The number of hydrogen-bond donors (Lipinski definition) is 1. The fourth-order valence-electron chi connectivity index (χ4n) is 0.960. The standard InChI is InChI=1S/C8H9N3S/c1-2-6-5-12-8(11-6)7-9-3-4-10-7/h3-5H,2H2,1H3,(H,9,10). The molecule has 0 radical (unpaired) electrons. The summed E-state index contributed by atoms with van der Waals surface area (Å²) in [6.45, 7) is 2.10. The second-order valence-electron chi connectivity index (χ2n) is 2.44. The minimum Gasteiger partial charge on any atom is -0.343 e. The molecular weight excluding hydrogens is 170 g/mol. The summed E-state index contributed by atoms with van der Waals surface area (Å²) in [5, 5.41) is 3.04. The molecule has 0 aliphatic rings. The molecule has 4 heteroatoms. The van der Waals surface area contributed by atoms with Gasteiger partial charge in [-0.25, -0.2) is 9.97 Å². The first-order valence-electron chi connectivity index (χ1n) is 3.84. The summed E-state index contributed by atoms with van der Waals surface area (Å²) in [5.74, 6) is 0.861. The molecule has 0 aliphatic carbocycles. The number of rotatable bonds is 2. The van der Waals surface area contributed by atoms with E-state index in [0.717, 1.165) is 22.9 Å². The van der Waals surface area contributed by atoms with Gasteiger partial charge in [0.05, 0.1) is 5.69 Å². The molecule has 3 nitrogen and oxygen atoms in total. The zero-order valence-electron chi connectivity index (χ0n) is 6.74. The highest BCUT2D eigenvalue weighted by Gasteiger charge is 2.04. The molecule has 0 saturated heterocycles. The Morgan fingerprint density at radius 1 is 1.58 bits per heavy atom. The molecule has 2 rings (SSSR count). The van der Waals surface area contributed by atoms with Crippen LogP contribution < -0.4 is 0 Å². The highest BCUT2D eigenvalue weighted by atomic mass is 32.1. The summed E-state index contributed by atoms with van der Waals surface area (Å²) in [6.07, 6.45) is 4.53. The van der Waals surface area contributed by atoms with Crippen LogP contribution in [0.15, 0.2) is 17.8 Å². The lowest BCUT2D eigenvalue weighted by Gasteiger charge is -1.86. The lowest BCUT2D eigenvalue weighted by atomic mass is 10.4. The normalized spacial score (nSPS) is 10.4. The number of nitrogens with zero attached hydrogens (tertiary/aromatic N) is 2. The van der Waals surface area contributed by atoms with Crippen LogP contribution in [0.1, 0.15) is 12.6 Å². The van der Waals surface area contributed by atoms with Crippen LogP contribution in [0.4, 0.5) is 0 Å². The highest BCUT2D eigenvalue weighted by molar-refractivity contribution is 7.13. The third kappa shape index (κ3) is 1.25. The molecule has 0 saturated carbocycles. The quantitative estimate of drug-likeness (QED) is 0.767. The minimum atomic E-state index is 0.861. The smallest absolute Gasteiger partial charge is 0.166 e. The molecule has 0 bridgehead atoms. The van der Waals surface area contributed by atoms with Crippen molar-refractivity contribution in [3.63, 3.8) is 0 Å². The number of thiazole rings is 1. The van der Waals surface area contributed by atoms with Crippen LogP contribution in [0.5, 0.6) is 0 Å². The number of aryl methyl sites for hydroxylation is 1. The number of imidazole rings is 1. The summed E-state index contributed by atoms with van der Waals surface area (Å²) in [7, 11) is 0. The Bertz CT molecular complexity index is 350. The van der Waals surface area contributed by atoms with E-state index in [9.17, 15) is 0 Å². The van der Waals surface area contributed by atoms with Gasteiger partial charge in [-0.2, -0.15) is 0 Å². The fourth-order valence-corrected chi connectivity index (χ4v) is 1.82. The number of H-pyrrole nitrogens is 1. The van der Waals surface area contributed by atoms with Crippen molar-refractivity contribution in [3.8, 4) is 10.8 Å². The van der Waals surface area contributed by atoms with Gasteiger partial charge in [0, 0.05) is 17.8 Å². The van der Waals surface area contributed by atoms with Gasteiger partial charge >= 0.3 is 0 Å². The summed E-state index contributed by atoms with van der Waals surface area (Å²) >= 11 is 1.63. The summed E-state index contributed by atoms with van der Waals surface area (Å²) in [4.78, 5) is 11.6. The molecule has 2 aromatic heterocycles. The van der Waals surface area contributed by atoms with E-state index in [1.54, 1.807) is 17.5 Å². The first-order chi connectivity index (χ1) is 5.90. The molecule has 1 N–H and O–H groups in total. The van der Waals surface area contributed by atoms with Crippen molar-refractivity contribution in [1.82, 2.24) is 15.0 Å². The number of aromatic nitrogens is 3. The van der Waals surface area contributed by atoms with Crippen molar-refractivity contribution < 1.29 is 0 Å². The zero-order chi connectivity index (χ0) is 8.39. The third-order valence-corrected chi connectivity index (χ3v) is 2.51. The van der Waals surface area contributed by atoms with Gasteiger partial charge < -0.3 is 4.98 Å². The van der Waals surface area contributed by atoms with Gasteiger partial charge in [-0.15, -0.1) is 11.3 Å². The molecule has 62 valence electrons. The van der Waals surface area contributed by atoms with E-state index in [1.165, 1.54) is 0 Å². The summed E-state index contributed by atoms with van der Waals surface area (Å²) < 4.78 is 0. The van der Waals surface area contributed by atoms with Crippen molar-refractivity contribution in [3.05, 3.63) is 23.5 Å². The molecular formula is C8H9N3S. The van der Waals surface area contributed by atoms with E-state index >= 15 is 0 Å². The lowest BCUT2D eigenvalue weighted by Crippen LogP contribution is -1.81. The van der Waals surface area contributed by atoms with Crippen molar-refractivity contribution >= 4 is 11.3 Å². The Morgan fingerprint density at radius 2 is 2.50 bits per heavy atom. The van der Waals surface area contributed by atoms with Gasteiger partial charge in [0.15, 0.2) is 10.8 Å². The lowest BCUT2D eigenvalue weighted by molar-refractivity contribution is 1.06. The molecule has 0 unspecified atom stereocenters.